The number of nitrogens with zero attached hydrogens (tertiary/aromatic N) is 6. The van der Waals surface area contributed by atoms with Gasteiger partial charge in [0.15, 0.2) is 0 Å². The van der Waals surface area contributed by atoms with Gasteiger partial charge in [0.05, 0.1) is 17.7 Å². The summed E-state index contributed by atoms with van der Waals surface area (Å²) in [5.41, 5.74) is 8.74. The second-order valence-corrected chi connectivity index (χ2v) is 6.70. The van der Waals surface area contributed by atoms with Crippen molar-refractivity contribution in [3.8, 4) is 0 Å². The minimum atomic E-state index is 0.378. The van der Waals surface area contributed by atoms with E-state index in [2.05, 4.69) is 34.8 Å². The third kappa shape index (κ3) is 3.09. The van der Waals surface area contributed by atoms with E-state index in [4.69, 9.17) is 5.73 Å². The van der Waals surface area contributed by atoms with Gasteiger partial charge in [0, 0.05) is 42.8 Å². The lowest BCUT2D eigenvalue weighted by Crippen LogP contribution is -2.36. The third-order valence-corrected chi connectivity index (χ3v) is 4.98. The van der Waals surface area contributed by atoms with E-state index < -0.39 is 0 Å². The van der Waals surface area contributed by atoms with Crippen molar-refractivity contribution >= 4 is 23.0 Å². The summed E-state index contributed by atoms with van der Waals surface area (Å²) in [5, 5.41) is 2.08. The highest BCUT2D eigenvalue weighted by molar-refractivity contribution is 7.07. The number of nitrogens with two attached hydrogens (primary N) is 1. The lowest BCUT2D eigenvalue weighted by atomic mass is 9.97. The van der Waals surface area contributed by atoms with Gasteiger partial charge in [-0.1, -0.05) is 0 Å². The first-order chi connectivity index (χ1) is 11.8. The van der Waals surface area contributed by atoms with Gasteiger partial charge in [-0.3, -0.25) is 0 Å². The van der Waals surface area contributed by atoms with Crippen LogP contribution in [0.3, 0.4) is 0 Å². The van der Waals surface area contributed by atoms with Crippen molar-refractivity contribution in [2.45, 2.75) is 25.3 Å². The Bertz CT molecular complexity index is 798. The van der Waals surface area contributed by atoms with Gasteiger partial charge in [-0.15, -0.1) is 11.3 Å². The van der Waals surface area contributed by atoms with Gasteiger partial charge >= 0.3 is 0 Å². The summed E-state index contributed by atoms with van der Waals surface area (Å²) in [6.45, 7) is 2.65. The molecule has 1 unspecified atom stereocenters. The Morgan fingerprint density at radius 1 is 1.25 bits per heavy atom. The highest BCUT2D eigenvalue weighted by atomic mass is 32.1. The van der Waals surface area contributed by atoms with Crippen LogP contribution in [0.2, 0.25) is 0 Å². The molecule has 1 fully saturated rings. The van der Waals surface area contributed by atoms with Crippen LogP contribution >= 0.6 is 11.3 Å². The molecule has 3 aromatic heterocycles. The molecule has 2 N–H and O–H groups in total. The van der Waals surface area contributed by atoms with Crippen molar-refractivity contribution in [1.29, 1.82) is 0 Å². The fourth-order valence-corrected chi connectivity index (χ4v) is 3.78. The molecule has 0 amide bonds. The second-order valence-electron chi connectivity index (χ2n) is 5.98. The molecule has 24 heavy (non-hydrogen) atoms. The van der Waals surface area contributed by atoms with Gasteiger partial charge in [-0.05, 0) is 12.8 Å². The van der Waals surface area contributed by atoms with Crippen molar-refractivity contribution < 1.29 is 0 Å². The zero-order valence-electron chi connectivity index (χ0n) is 13.2. The summed E-state index contributed by atoms with van der Waals surface area (Å²) in [6, 6.07) is 1.84. The first kappa shape index (κ1) is 15.1. The normalized spacial score (nSPS) is 18.0. The van der Waals surface area contributed by atoms with Gasteiger partial charge in [0.1, 0.15) is 23.8 Å². The van der Waals surface area contributed by atoms with Crippen molar-refractivity contribution in [1.82, 2.24) is 24.5 Å². The van der Waals surface area contributed by atoms with Gasteiger partial charge in [0.25, 0.3) is 0 Å². The lowest BCUT2D eigenvalue weighted by molar-refractivity contribution is 0.473. The number of imidazole rings is 1. The van der Waals surface area contributed by atoms with E-state index in [1.165, 1.54) is 6.33 Å². The zero-order valence-corrected chi connectivity index (χ0v) is 14.1. The molecule has 124 valence electrons. The van der Waals surface area contributed by atoms with Gasteiger partial charge in [0.2, 0.25) is 0 Å². The topological polar surface area (TPSA) is 85.8 Å². The summed E-state index contributed by atoms with van der Waals surface area (Å²) in [7, 11) is 0. The predicted molar refractivity (Wildman–Crippen MR) is 94.1 cm³/mol. The molecular weight excluding hydrogens is 322 g/mol. The predicted octanol–water partition coefficient (Wildman–Crippen LogP) is 2.14. The molecule has 1 aliphatic rings. The van der Waals surface area contributed by atoms with Gasteiger partial charge in [-0.25, -0.2) is 19.9 Å². The van der Waals surface area contributed by atoms with Gasteiger partial charge < -0.3 is 15.2 Å². The van der Waals surface area contributed by atoms with E-state index in [9.17, 15) is 0 Å². The fraction of sp³-hybridized carbons (Fsp3) is 0.375. The quantitative estimate of drug-likeness (QED) is 0.782. The maximum absolute atomic E-state index is 5.79. The average molecular weight is 341 g/mol. The van der Waals surface area contributed by atoms with E-state index in [1.807, 2.05) is 24.0 Å². The molecule has 0 bridgehead atoms. The maximum Gasteiger partial charge on any atom is 0.134 e. The first-order valence-corrected chi connectivity index (χ1v) is 8.94. The van der Waals surface area contributed by atoms with Gasteiger partial charge in [-0.2, -0.15) is 0 Å². The van der Waals surface area contributed by atoms with Crippen LogP contribution in [0, 0.1) is 0 Å². The average Bonchev–Trinajstić information content (AvgIpc) is 3.27. The Labute approximate surface area is 144 Å². The van der Waals surface area contributed by atoms with Crippen LogP contribution in [0.5, 0.6) is 0 Å². The number of hydrogen-bond donors (Lipinski definition) is 1. The van der Waals surface area contributed by atoms with Crippen molar-refractivity contribution in [3.05, 3.63) is 47.2 Å². The Kier molecular flexibility index (Phi) is 4.12. The number of anilines is 2. The Morgan fingerprint density at radius 3 is 3.04 bits per heavy atom. The van der Waals surface area contributed by atoms with E-state index in [1.54, 1.807) is 11.3 Å². The first-order valence-electron chi connectivity index (χ1n) is 8.00. The number of piperidine rings is 1. The molecule has 7 nitrogen and oxygen atoms in total. The standard InChI is InChI=1S/C16H19N7S/c17-14-6-15(20-10-19-14)22-4-1-2-12(7-22)16-18-3-5-23(16)8-13-9-24-11-21-13/h3,5-6,9-12H,1-2,4,7-8H2,(H2,17,19,20). The molecule has 1 atom stereocenters. The lowest BCUT2D eigenvalue weighted by Gasteiger charge is -2.33. The minimum Gasteiger partial charge on any atom is -0.384 e. The number of rotatable bonds is 4. The molecule has 3 aromatic rings. The number of nitrogen functional groups attached to an aromatic ring is 1. The molecule has 4 rings (SSSR count). The van der Waals surface area contributed by atoms with Crippen LogP contribution < -0.4 is 10.6 Å². The van der Waals surface area contributed by atoms with E-state index in [0.29, 0.717) is 11.7 Å². The van der Waals surface area contributed by atoms with E-state index in [0.717, 1.165) is 49.8 Å². The molecule has 1 saturated heterocycles. The monoisotopic (exact) mass is 341 g/mol. The summed E-state index contributed by atoms with van der Waals surface area (Å²) in [4.78, 5) is 19.6. The van der Waals surface area contributed by atoms with Crippen molar-refractivity contribution in [2.75, 3.05) is 23.7 Å². The molecule has 0 saturated carbocycles. The third-order valence-electron chi connectivity index (χ3n) is 4.35. The van der Waals surface area contributed by atoms with Crippen molar-refractivity contribution in [2.24, 2.45) is 0 Å². The van der Waals surface area contributed by atoms with Crippen LogP contribution in [-0.2, 0) is 6.54 Å². The highest BCUT2D eigenvalue weighted by Gasteiger charge is 2.25. The SMILES string of the molecule is Nc1cc(N2CCCC(c3nccn3Cc3cscn3)C2)ncn1. The molecule has 0 spiro atoms. The zero-order chi connectivity index (χ0) is 16.4. The summed E-state index contributed by atoms with van der Waals surface area (Å²) in [5.74, 6) is 2.90. The number of aromatic nitrogens is 5. The Balaban J connectivity index is 1.53. The number of hydrogen-bond acceptors (Lipinski definition) is 7. The molecule has 1 aliphatic heterocycles. The smallest absolute Gasteiger partial charge is 0.134 e. The summed E-state index contributed by atoms with van der Waals surface area (Å²) in [6.07, 6.45) is 7.68. The largest absolute Gasteiger partial charge is 0.384 e. The molecule has 8 heteroatoms. The molecule has 0 aliphatic carbocycles. The van der Waals surface area contributed by atoms with Crippen LogP contribution in [-0.4, -0.2) is 37.6 Å². The summed E-state index contributed by atoms with van der Waals surface area (Å²) < 4.78 is 2.21. The Hall–Kier alpha value is -2.48. The summed E-state index contributed by atoms with van der Waals surface area (Å²) >= 11 is 1.62. The Morgan fingerprint density at radius 2 is 2.21 bits per heavy atom. The number of thiazole rings is 1. The fourth-order valence-electron chi connectivity index (χ4n) is 3.23. The molecule has 0 radical (unpaired) electrons. The highest BCUT2D eigenvalue weighted by Crippen LogP contribution is 2.29. The molecule has 0 aromatic carbocycles. The van der Waals surface area contributed by atoms with E-state index in [-0.39, 0.29) is 0 Å². The van der Waals surface area contributed by atoms with Crippen LogP contribution in [0.1, 0.15) is 30.3 Å². The maximum atomic E-state index is 5.79. The second kappa shape index (κ2) is 6.56. The van der Waals surface area contributed by atoms with Crippen LogP contribution in [0.15, 0.2) is 35.7 Å². The van der Waals surface area contributed by atoms with Crippen LogP contribution in [0.25, 0.3) is 0 Å². The van der Waals surface area contributed by atoms with Crippen molar-refractivity contribution in [3.63, 3.8) is 0 Å². The minimum absolute atomic E-state index is 0.378. The van der Waals surface area contributed by atoms with Crippen LogP contribution in [0.4, 0.5) is 11.6 Å². The van der Waals surface area contributed by atoms with E-state index >= 15 is 0 Å². The molecule has 4 heterocycles. The molecular formula is C16H19N7S.